The van der Waals surface area contributed by atoms with Crippen molar-refractivity contribution < 1.29 is 4.74 Å². The number of hydrogen-bond acceptors (Lipinski definition) is 4. The van der Waals surface area contributed by atoms with Gasteiger partial charge in [-0.15, -0.1) is 0 Å². The Morgan fingerprint density at radius 3 is 2.78 bits per heavy atom. The molecule has 0 saturated heterocycles. The predicted molar refractivity (Wildman–Crippen MR) is 94.9 cm³/mol. The highest BCUT2D eigenvalue weighted by atomic mass is 16.5. The van der Waals surface area contributed by atoms with E-state index >= 15 is 0 Å². The fraction of sp³-hybridized carbons (Fsp3) is 0.421. The summed E-state index contributed by atoms with van der Waals surface area (Å²) in [5.74, 6) is 1.66. The lowest BCUT2D eigenvalue weighted by Crippen LogP contribution is -2.35. The van der Waals surface area contributed by atoms with Crippen LogP contribution in [0.25, 0.3) is 0 Å². The third-order valence-corrected chi connectivity index (χ3v) is 4.78. The Bertz CT molecular complexity index is 706. The van der Waals surface area contributed by atoms with Gasteiger partial charge in [0.15, 0.2) is 0 Å². The number of allylic oxidation sites excluding steroid dienone is 1. The molecule has 4 nitrogen and oxygen atoms in total. The molecule has 0 spiro atoms. The summed E-state index contributed by atoms with van der Waals surface area (Å²) < 4.78 is 5.50. The summed E-state index contributed by atoms with van der Waals surface area (Å²) >= 11 is 0. The Labute approximate surface area is 138 Å². The van der Waals surface area contributed by atoms with Crippen LogP contribution in [0.4, 0.5) is 0 Å². The fourth-order valence-corrected chi connectivity index (χ4v) is 3.70. The van der Waals surface area contributed by atoms with Gasteiger partial charge in [-0.2, -0.15) is 0 Å². The van der Waals surface area contributed by atoms with Crippen LogP contribution in [0.15, 0.2) is 63.5 Å². The van der Waals surface area contributed by atoms with Crippen LogP contribution in [-0.2, 0) is 4.74 Å². The van der Waals surface area contributed by atoms with Gasteiger partial charge in [0.05, 0.1) is 13.2 Å². The summed E-state index contributed by atoms with van der Waals surface area (Å²) in [5.41, 5.74) is 12.1. The number of hydrogen-bond donors (Lipinski definition) is 1. The van der Waals surface area contributed by atoms with Gasteiger partial charge in [-0.3, -0.25) is 4.99 Å². The monoisotopic (exact) mass is 311 g/mol. The van der Waals surface area contributed by atoms with E-state index in [0.29, 0.717) is 5.84 Å². The molecule has 4 heteroatoms. The first kappa shape index (κ1) is 15.7. The van der Waals surface area contributed by atoms with Crippen LogP contribution in [0.1, 0.15) is 20.3 Å². The molecule has 0 bridgehead atoms. The molecule has 23 heavy (non-hydrogen) atoms. The van der Waals surface area contributed by atoms with E-state index in [1.165, 1.54) is 16.7 Å². The van der Waals surface area contributed by atoms with Gasteiger partial charge in [-0.25, -0.2) is 0 Å². The van der Waals surface area contributed by atoms with Crippen molar-refractivity contribution in [3.05, 3.63) is 58.6 Å². The van der Waals surface area contributed by atoms with Crippen molar-refractivity contribution in [3.63, 3.8) is 0 Å². The second kappa shape index (κ2) is 5.76. The Morgan fingerprint density at radius 2 is 2.22 bits per heavy atom. The quantitative estimate of drug-likeness (QED) is 0.872. The summed E-state index contributed by atoms with van der Waals surface area (Å²) in [6.07, 6.45) is 7.47. The molecule has 2 atom stereocenters. The zero-order valence-electron chi connectivity index (χ0n) is 14.4. The number of aliphatic imine (C=N–C) groups is 1. The number of nitrogens with zero attached hydrogens (tertiary/aromatic N) is 2. The second-order valence-electron chi connectivity index (χ2n) is 6.60. The van der Waals surface area contributed by atoms with Gasteiger partial charge in [-0.05, 0) is 54.7 Å². The Morgan fingerprint density at radius 1 is 1.48 bits per heavy atom. The number of rotatable bonds is 3. The smallest absolute Gasteiger partial charge is 0.126 e. The van der Waals surface area contributed by atoms with Crippen molar-refractivity contribution >= 4 is 5.84 Å². The van der Waals surface area contributed by atoms with Crippen molar-refractivity contribution in [2.45, 2.75) is 26.3 Å². The summed E-state index contributed by atoms with van der Waals surface area (Å²) in [5, 5.41) is 0. The van der Waals surface area contributed by atoms with Crippen molar-refractivity contribution in [2.75, 3.05) is 20.7 Å². The topological polar surface area (TPSA) is 50.8 Å². The minimum Gasteiger partial charge on any atom is -0.497 e. The first-order valence-electron chi connectivity index (χ1n) is 8.01. The van der Waals surface area contributed by atoms with Gasteiger partial charge in [-0.1, -0.05) is 6.58 Å². The van der Waals surface area contributed by atoms with E-state index in [4.69, 9.17) is 15.5 Å². The third kappa shape index (κ3) is 2.62. The molecule has 122 valence electrons. The van der Waals surface area contributed by atoms with Crippen LogP contribution in [0.3, 0.4) is 0 Å². The van der Waals surface area contributed by atoms with E-state index in [-0.39, 0.29) is 12.0 Å². The first-order chi connectivity index (χ1) is 10.9. The molecule has 2 unspecified atom stereocenters. The van der Waals surface area contributed by atoms with Gasteiger partial charge in [0, 0.05) is 31.3 Å². The zero-order valence-corrected chi connectivity index (χ0v) is 14.4. The van der Waals surface area contributed by atoms with Crippen LogP contribution in [0.5, 0.6) is 0 Å². The Hall–Kier alpha value is -2.23. The highest BCUT2D eigenvalue weighted by molar-refractivity contribution is 6.03. The van der Waals surface area contributed by atoms with E-state index in [9.17, 15) is 0 Å². The number of nitrogens with two attached hydrogens (primary N) is 1. The summed E-state index contributed by atoms with van der Waals surface area (Å²) in [6.45, 7) is 9.27. The lowest BCUT2D eigenvalue weighted by molar-refractivity contribution is 0.298. The van der Waals surface area contributed by atoms with E-state index in [1.54, 1.807) is 7.11 Å². The van der Waals surface area contributed by atoms with E-state index in [2.05, 4.69) is 43.8 Å². The maximum atomic E-state index is 6.32. The molecule has 3 rings (SSSR count). The lowest BCUT2D eigenvalue weighted by atomic mass is 9.75. The number of methoxy groups -OCH3 is 1. The van der Waals surface area contributed by atoms with Gasteiger partial charge in [0.1, 0.15) is 11.6 Å². The number of amidine groups is 1. The molecule has 0 amide bonds. The van der Waals surface area contributed by atoms with Crippen LogP contribution in [0.2, 0.25) is 0 Å². The van der Waals surface area contributed by atoms with Crippen molar-refractivity contribution in [1.29, 1.82) is 0 Å². The largest absolute Gasteiger partial charge is 0.497 e. The van der Waals surface area contributed by atoms with E-state index < -0.39 is 0 Å². The van der Waals surface area contributed by atoms with Crippen LogP contribution < -0.4 is 5.73 Å². The highest BCUT2D eigenvalue weighted by Crippen LogP contribution is 2.42. The standard InChI is InChI=1S/C19H25N3O/c1-11(2)16-17(13-6-7-22(4)10-13)15-9-14(23-5)8-12(3)18(15)21-19(16)20/h8-10,15,18H,1,6-7H2,2-5H3,(H2,20,21). The Kier molecular flexibility index (Phi) is 3.92. The fourth-order valence-electron chi connectivity index (χ4n) is 3.70. The van der Waals surface area contributed by atoms with Crippen molar-refractivity contribution in [1.82, 2.24) is 4.90 Å². The number of ether oxygens (including phenoxy) is 1. The SMILES string of the molecule is C=C(C)C1=C(C2=CN(C)CC2)C2C=C(OC)C=C(C)C2N=C1N. The predicted octanol–water partition coefficient (Wildman–Crippen LogP) is 2.92. The highest BCUT2D eigenvalue weighted by Gasteiger charge is 2.37. The number of fused-ring (bicyclic) bond motifs is 1. The molecule has 0 aromatic heterocycles. The molecule has 2 aliphatic heterocycles. The van der Waals surface area contributed by atoms with E-state index in [1.807, 2.05) is 6.92 Å². The first-order valence-corrected chi connectivity index (χ1v) is 8.01. The zero-order chi connectivity index (χ0) is 16.7. The minimum atomic E-state index is 0.0545. The molecule has 2 N–H and O–H groups in total. The maximum Gasteiger partial charge on any atom is 0.126 e. The van der Waals surface area contributed by atoms with Gasteiger partial charge in [0.25, 0.3) is 0 Å². The molecular weight excluding hydrogens is 286 g/mol. The van der Waals surface area contributed by atoms with Crippen LogP contribution >= 0.6 is 0 Å². The van der Waals surface area contributed by atoms with Gasteiger partial charge < -0.3 is 15.4 Å². The van der Waals surface area contributed by atoms with Gasteiger partial charge in [0.2, 0.25) is 0 Å². The molecular formula is C19H25N3O. The number of dihydropyridines is 1. The summed E-state index contributed by atoms with van der Waals surface area (Å²) in [4.78, 5) is 6.99. The Balaban J connectivity index is 2.19. The molecule has 0 saturated carbocycles. The normalized spacial score (nSPS) is 27.0. The average Bonchev–Trinajstić information content (AvgIpc) is 2.92. The maximum absolute atomic E-state index is 6.32. The van der Waals surface area contributed by atoms with Crippen molar-refractivity contribution in [2.24, 2.45) is 16.6 Å². The summed E-state index contributed by atoms with van der Waals surface area (Å²) in [6, 6.07) is 0.0545. The molecule has 2 heterocycles. The van der Waals surface area contributed by atoms with Crippen LogP contribution in [0, 0.1) is 5.92 Å². The molecule has 1 aliphatic carbocycles. The van der Waals surface area contributed by atoms with Crippen molar-refractivity contribution in [3.8, 4) is 0 Å². The lowest BCUT2D eigenvalue weighted by Gasteiger charge is -2.35. The molecule has 0 aromatic carbocycles. The third-order valence-electron chi connectivity index (χ3n) is 4.78. The van der Waals surface area contributed by atoms with E-state index in [0.717, 1.165) is 29.9 Å². The molecule has 3 aliphatic rings. The second-order valence-corrected chi connectivity index (χ2v) is 6.60. The van der Waals surface area contributed by atoms with Gasteiger partial charge >= 0.3 is 0 Å². The molecule has 0 fully saturated rings. The average molecular weight is 311 g/mol. The summed E-state index contributed by atoms with van der Waals surface area (Å²) in [7, 11) is 3.82. The van der Waals surface area contributed by atoms with Crippen LogP contribution in [-0.4, -0.2) is 37.5 Å². The minimum absolute atomic E-state index is 0.0545. The molecule has 0 aromatic rings. The molecule has 0 radical (unpaired) electrons.